The first-order valence-corrected chi connectivity index (χ1v) is 8.23. The molecule has 1 unspecified atom stereocenters. The van der Waals surface area contributed by atoms with Gasteiger partial charge in [0.25, 0.3) is 0 Å². The van der Waals surface area contributed by atoms with Crippen molar-refractivity contribution in [3.63, 3.8) is 0 Å². The van der Waals surface area contributed by atoms with Gasteiger partial charge >= 0.3 is 6.18 Å². The molecule has 1 amide bonds. The molecule has 0 N–H and O–H groups in total. The second-order valence-corrected chi connectivity index (χ2v) is 6.47. The maximum Gasteiger partial charge on any atom is 0.416 e. The number of amides is 1. The van der Waals surface area contributed by atoms with Gasteiger partial charge in [-0.3, -0.25) is 4.79 Å². The summed E-state index contributed by atoms with van der Waals surface area (Å²) >= 11 is 1.08. The summed E-state index contributed by atoms with van der Waals surface area (Å²) in [6.07, 6.45) is -4.60. The van der Waals surface area contributed by atoms with E-state index >= 15 is 0 Å². The monoisotopic (exact) mass is 355 g/mol. The van der Waals surface area contributed by atoms with Crippen LogP contribution in [0.25, 0.3) is 0 Å². The van der Waals surface area contributed by atoms with Crippen LogP contribution in [0, 0.1) is 5.82 Å². The van der Waals surface area contributed by atoms with Gasteiger partial charge in [0.05, 0.1) is 11.3 Å². The lowest BCUT2D eigenvalue weighted by Gasteiger charge is -2.26. The van der Waals surface area contributed by atoms with Gasteiger partial charge in [0.2, 0.25) is 5.91 Å². The highest BCUT2D eigenvalue weighted by Gasteiger charge is 2.40. The Balaban J connectivity index is 1.98. The van der Waals surface area contributed by atoms with Crippen molar-refractivity contribution in [3.05, 3.63) is 71.0 Å². The number of hydrogen-bond donors (Lipinski definition) is 0. The number of alkyl halides is 3. The van der Waals surface area contributed by atoms with Crippen LogP contribution in [0.5, 0.6) is 0 Å². The third-order valence-electron chi connectivity index (χ3n) is 3.75. The van der Waals surface area contributed by atoms with Crippen LogP contribution >= 0.6 is 11.8 Å². The number of carbonyl (C=O) groups excluding carboxylic acids is 1. The molecule has 0 aliphatic carbocycles. The van der Waals surface area contributed by atoms with Gasteiger partial charge in [-0.25, -0.2) is 4.39 Å². The fourth-order valence-corrected chi connectivity index (χ4v) is 3.87. The minimum absolute atomic E-state index is 0.0747. The molecule has 3 rings (SSSR count). The molecular formula is C17H13F4NOS. The Hall–Kier alpha value is -2.02. The summed E-state index contributed by atoms with van der Waals surface area (Å²) in [5, 5.41) is -0.856. The van der Waals surface area contributed by atoms with Gasteiger partial charge in [0.15, 0.2) is 0 Å². The molecule has 126 valence electrons. The summed E-state index contributed by atoms with van der Waals surface area (Å²) in [4.78, 5) is 13.5. The van der Waals surface area contributed by atoms with Crippen molar-refractivity contribution in [1.29, 1.82) is 0 Å². The van der Waals surface area contributed by atoms with Crippen LogP contribution in [0.1, 0.15) is 22.1 Å². The fraction of sp³-hybridized carbons (Fsp3) is 0.235. The van der Waals surface area contributed by atoms with E-state index in [1.807, 2.05) is 6.07 Å². The molecule has 0 aromatic heterocycles. The van der Waals surface area contributed by atoms with Gasteiger partial charge in [-0.05, 0) is 29.3 Å². The van der Waals surface area contributed by atoms with E-state index in [2.05, 4.69) is 0 Å². The molecule has 2 aromatic carbocycles. The molecule has 0 radical (unpaired) electrons. The van der Waals surface area contributed by atoms with Crippen LogP contribution in [0.2, 0.25) is 0 Å². The van der Waals surface area contributed by atoms with Crippen LogP contribution in [0.15, 0.2) is 48.5 Å². The van der Waals surface area contributed by atoms with Crippen molar-refractivity contribution in [2.45, 2.75) is 18.1 Å². The molecule has 1 heterocycles. The lowest BCUT2D eigenvalue weighted by molar-refractivity contribution is -0.139. The van der Waals surface area contributed by atoms with E-state index in [-0.39, 0.29) is 23.8 Å². The lowest BCUT2D eigenvalue weighted by Crippen LogP contribution is -2.29. The van der Waals surface area contributed by atoms with E-state index in [0.29, 0.717) is 0 Å². The minimum Gasteiger partial charge on any atom is -0.321 e. The maximum atomic E-state index is 13.6. The highest BCUT2D eigenvalue weighted by atomic mass is 32.2. The van der Waals surface area contributed by atoms with E-state index in [1.54, 1.807) is 24.3 Å². The fourth-order valence-electron chi connectivity index (χ4n) is 2.66. The Morgan fingerprint density at radius 2 is 1.83 bits per heavy atom. The highest BCUT2D eigenvalue weighted by Crippen LogP contribution is 2.45. The zero-order valence-corrected chi connectivity index (χ0v) is 13.2. The zero-order chi connectivity index (χ0) is 17.3. The first-order chi connectivity index (χ1) is 11.4. The molecule has 0 saturated carbocycles. The van der Waals surface area contributed by atoms with Crippen LogP contribution in [0.3, 0.4) is 0 Å². The number of benzene rings is 2. The Bertz CT molecular complexity index is 748. The molecule has 0 spiro atoms. The van der Waals surface area contributed by atoms with E-state index in [4.69, 9.17) is 0 Å². The number of carbonyl (C=O) groups is 1. The molecule has 1 aliphatic heterocycles. The van der Waals surface area contributed by atoms with Crippen LogP contribution in [0.4, 0.5) is 17.6 Å². The Labute approximate surface area is 140 Å². The van der Waals surface area contributed by atoms with E-state index < -0.39 is 22.9 Å². The molecule has 1 saturated heterocycles. The standard InChI is InChI=1S/C17H13F4NOS/c18-12-6-7-14(17(19,20)21)13(8-12)16-22(15(23)10-24-16)9-11-4-2-1-3-5-11/h1-8,16H,9-10H2. The first kappa shape index (κ1) is 16.8. The quantitative estimate of drug-likeness (QED) is 0.749. The third-order valence-corrected chi connectivity index (χ3v) is 4.99. The number of rotatable bonds is 3. The first-order valence-electron chi connectivity index (χ1n) is 7.18. The predicted octanol–water partition coefficient (Wildman–Crippen LogP) is 4.62. The number of halogens is 4. The van der Waals surface area contributed by atoms with E-state index in [9.17, 15) is 22.4 Å². The summed E-state index contributed by atoms with van der Waals surface area (Å²) < 4.78 is 53.3. The summed E-state index contributed by atoms with van der Waals surface area (Å²) in [6, 6.07) is 11.4. The normalized spacial score (nSPS) is 18.2. The molecule has 7 heteroatoms. The van der Waals surface area contributed by atoms with Crippen LogP contribution < -0.4 is 0 Å². The van der Waals surface area contributed by atoms with E-state index in [0.717, 1.165) is 35.5 Å². The van der Waals surface area contributed by atoms with Crippen molar-refractivity contribution in [2.24, 2.45) is 0 Å². The largest absolute Gasteiger partial charge is 0.416 e. The average Bonchev–Trinajstić information content (AvgIpc) is 2.88. The van der Waals surface area contributed by atoms with Gasteiger partial charge in [-0.1, -0.05) is 30.3 Å². The number of thioether (sulfide) groups is 1. The smallest absolute Gasteiger partial charge is 0.321 e. The van der Waals surface area contributed by atoms with E-state index in [1.165, 1.54) is 4.90 Å². The molecule has 24 heavy (non-hydrogen) atoms. The second-order valence-electron chi connectivity index (χ2n) is 5.40. The van der Waals surface area contributed by atoms with Crippen LogP contribution in [-0.2, 0) is 17.5 Å². The third kappa shape index (κ3) is 3.40. The maximum absolute atomic E-state index is 13.6. The molecular weight excluding hydrogens is 342 g/mol. The minimum atomic E-state index is -4.60. The summed E-state index contributed by atoms with van der Waals surface area (Å²) in [6.45, 7) is 0.186. The van der Waals surface area contributed by atoms with Crippen molar-refractivity contribution >= 4 is 17.7 Å². The van der Waals surface area contributed by atoms with Gasteiger partial charge in [-0.2, -0.15) is 13.2 Å². The molecule has 0 bridgehead atoms. The average molecular weight is 355 g/mol. The highest BCUT2D eigenvalue weighted by molar-refractivity contribution is 8.00. The zero-order valence-electron chi connectivity index (χ0n) is 12.4. The van der Waals surface area contributed by atoms with Crippen molar-refractivity contribution in [3.8, 4) is 0 Å². The van der Waals surface area contributed by atoms with Crippen molar-refractivity contribution in [2.75, 3.05) is 5.75 Å². The van der Waals surface area contributed by atoms with Crippen molar-refractivity contribution in [1.82, 2.24) is 4.90 Å². The summed E-state index contributed by atoms with van der Waals surface area (Å²) in [7, 11) is 0. The molecule has 2 nitrogen and oxygen atoms in total. The summed E-state index contributed by atoms with van der Waals surface area (Å²) in [5.74, 6) is -0.936. The van der Waals surface area contributed by atoms with Gasteiger partial charge in [0, 0.05) is 6.54 Å². The van der Waals surface area contributed by atoms with Crippen molar-refractivity contribution < 1.29 is 22.4 Å². The molecule has 1 fully saturated rings. The molecule has 1 aliphatic rings. The van der Waals surface area contributed by atoms with Crippen LogP contribution in [-0.4, -0.2) is 16.6 Å². The van der Waals surface area contributed by atoms with Gasteiger partial charge in [0.1, 0.15) is 11.2 Å². The number of hydrogen-bond acceptors (Lipinski definition) is 2. The molecule has 1 atom stereocenters. The Kier molecular flexibility index (Phi) is 4.54. The SMILES string of the molecule is O=C1CSC(c2cc(F)ccc2C(F)(F)F)N1Cc1ccccc1. The Morgan fingerprint density at radius 1 is 1.12 bits per heavy atom. The van der Waals surface area contributed by atoms with Gasteiger partial charge < -0.3 is 4.90 Å². The number of nitrogens with zero attached hydrogens (tertiary/aromatic N) is 1. The lowest BCUT2D eigenvalue weighted by atomic mass is 10.1. The second kappa shape index (κ2) is 6.47. The summed E-state index contributed by atoms with van der Waals surface area (Å²) in [5.41, 5.74) is -0.313. The predicted molar refractivity (Wildman–Crippen MR) is 83.6 cm³/mol. The topological polar surface area (TPSA) is 20.3 Å². The Morgan fingerprint density at radius 3 is 2.50 bits per heavy atom. The van der Waals surface area contributed by atoms with Gasteiger partial charge in [-0.15, -0.1) is 11.8 Å². The molecule has 2 aromatic rings.